The Morgan fingerprint density at radius 1 is 0.700 bits per heavy atom. The van der Waals surface area contributed by atoms with Crippen LogP contribution in [0, 0.1) is 0 Å². The molecular weight excluding hydrogens is 368 g/mol. The van der Waals surface area contributed by atoms with Crippen LogP contribution in [0.5, 0.6) is 0 Å². The number of benzene rings is 1. The quantitative estimate of drug-likeness (QED) is 0.214. The first-order valence-corrected chi connectivity index (χ1v) is 12.5. The second-order valence-electron chi connectivity index (χ2n) is 8.53. The van der Waals surface area contributed by atoms with Gasteiger partial charge in [-0.15, -0.1) is 0 Å². The molecule has 0 radical (unpaired) electrons. The molecule has 0 aliphatic heterocycles. The van der Waals surface area contributed by atoms with Crippen molar-refractivity contribution in [2.75, 3.05) is 6.54 Å². The molecule has 1 aromatic carbocycles. The van der Waals surface area contributed by atoms with Crippen molar-refractivity contribution >= 4 is 5.91 Å². The molecule has 2 N–H and O–H groups in total. The minimum Gasteiger partial charge on any atom is -0.372 e. The molecule has 1 aromatic rings. The fourth-order valence-electron chi connectivity index (χ4n) is 3.76. The minimum atomic E-state index is -0.111. The van der Waals surface area contributed by atoms with Gasteiger partial charge in [-0.25, -0.2) is 0 Å². The van der Waals surface area contributed by atoms with Gasteiger partial charge in [-0.05, 0) is 18.6 Å². The summed E-state index contributed by atoms with van der Waals surface area (Å²) in [6.45, 7) is 7.04. The molecule has 0 aliphatic carbocycles. The van der Waals surface area contributed by atoms with Gasteiger partial charge in [-0.2, -0.15) is 0 Å². The number of carbonyl (C=O) groups excluding carboxylic acids is 1. The van der Waals surface area contributed by atoms with E-state index in [1.165, 1.54) is 96.3 Å². The maximum Gasteiger partial charge on any atom is 0.256 e. The molecule has 0 fully saturated rings. The average molecular weight is 415 g/mol. The SMILES string of the molecule is C=C(NCCCCCCCCCCCCCCCCCC)NC(=O)c1ccccc1. The number of rotatable bonds is 20. The van der Waals surface area contributed by atoms with E-state index in [0.29, 0.717) is 11.4 Å². The Morgan fingerprint density at radius 2 is 1.13 bits per heavy atom. The van der Waals surface area contributed by atoms with E-state index in [1.807, 2.05) is 18.2 Å². The zero-order valence-electron chi connectivity index (χ0n) is 19.5. The van der Waals surface area contributed by atoms with Crippen LogP contribution >= 0.6 is 0 Å². The number of unbranched alkanes of at least 4 members (excludes halogenated alkanes) is 15. The molecule has 0 aromatic heterocycles. The molecule has 0 bridgehead atoms. The summed E-state index contributed by atoms with van der Waals surface area (Å²) in [6.07, 6.45) is 22.1. The van der Waals surface area contributed by atoms with E-state index in [0.717, 1.165) is 13.0 Å². The molecular formula is C27H46N2O. The van der Waals surface area contributed by atoms with E-state index in [-0.39, 0.29) is 5.91 Å². The lowest BCUT2D eigenvalue weighted by molar-refractivity contribution is 0.0963. The van der Waals surface area contributed by atoms with Crippen molar-refractivity contribution in [2.24, 2.45) is 0 Å². The van der Waals surface area contributed by atoms with E-state index in [1.54, 1.807) is 12.1 Å². The predicted octanol–water partition coefficient (Wildman–Crippen LogP) is 7.74. The monoisotopic (exact) mass is 414 g/mol. The number of hydrogen-bond acceptors (Lipinski definition) is 2. The normalized spacial score (nSPS) is 10.7. The van der Waals surface area contributed by atoms with E-state index < -0.39 is 0 Å². The van der Waals surface area contributed by atoms with Crippen LogP contribution < -0.4 is 10.6 Å². The number of amides is 1. The van der Waals surface area contributed by atoms with Gasteiger partial charge in [-0.3, -0.25) is 4.79 Å². The first-order chi connectivity index (χ1) is 14.7. The van der Waals surface area contributed by atoms with Crippen molar-refractivity contribution < 1.29 is 4.79 Å². The van der Waals surface area contributed by atoms with Gasteiger partial charge in [0.1, 0.15) is 0 Å². The van der Waals surface area contributed by atoms with Crippen LogP contribution in [0.3, 0.4) is 0 Å². The largest absolute Gasteiger partial charge is 0.372 e. The third-order valence-corrected chi connectivity index (χ3v) is 5.67. The standard InChI is InChI=1S/C27H46N2O/c1-3-4-5-6-7-8-9-10-11-12-13-14-15-16-17-21-24-28-25(2)29-27(30)26-22-19-18-20-23-26/h18-20,22-23,28H,2-17,21,24H2,1H3,(H,29,30). The van der Waals surface area contributed by atoms with E-state index in [2.05, 4.69) is 24.1 Å². The average Bonchev–Trinajstić information content (AvgIpc) is 2.76. The first-order valence-electron chi connectivity index (χ1n) is 12.5. The zero-order chi connectivity index (χ0) is 21.7. The molecule has 0 saturated heterocycles. The molecule has 170 valence electrons. The van der Waals surface area contributed by atoms with Crippen molar-refractivity contribution in [1.82, 2.24) is 10.6 Å². The summed E-state index contributed by atoms with van der Waals surface area (Å²) < 4.78 is 0. The maximum atomic E-state index is 12.0. The van der Waals surface area contributed by atoms with Crippen molar-refractivity contribution in [2.45, 2.75) is 110 Å². The fraction of sp³-hybridized carbons (Fsp3) is 0.667. The van der Waals surface area contributed by atoms with Gasteiger partial charge in [0.25, 0.3) is 5.91 Å². The predicted molar refractivity (Wildman–Crippen MR) is 131 cm³/mol. The molecule has 30 heavy (non-hydrogen) atoms. The highest BCUT2D eigenvalue weighted by molar-refractivity contribution is 5.95. The summed E-state index contributed by atoms with van der Waals surface area (Å²) in [5, 5.41) is 6.01. The Balaban J connectivity index is 1.80. The molecule has 3 nitrogen and oxygen atoms in total. The Kier molecular flexibility index (Phi) is 16.8. The molecule has 0 aliphatic rings. The van der Waals surface area contributed by atoms with Gasteiger partial charge in [0.2, 0.25) is 0 Å². The molecule has 0 spiro atoms. The first kappa shape index (κ1) is 26.3. The van der Waals surface area contributed by atoms with Crippen LogP contribution in [0.25, 0.3) is 0 Å². The molecule has 0 atom stereocenters. The Hall–Kier alpha value is -1.77. The molecule has 3 heteroatoms. The van der Waals surface area contributed by atoms with E-state index >= 15 is 0 Å². The van der Waals surface area contributed by atoms with Gasteiger partial charge in [0, 0.05) is 12.1 Å². The molecule has 0 heterocycles. The summed E-state index contributed by atoms with van der Waals surface area (Å²) >= 11 is 0. The van der Waals surface area contributed by atoms with Crippen molar-refractivity contribution in [3.8, 4) is 0 Å². The van der Waals surface area contributed by atoms with Crippen LogP contribution in [-0.4, -0.2) is 12.5 Å². The Morgan fingerprint density at radius 3 is 1.60 bits per heavy atom. The minimum absolute atomic E-state index is 0.111. The van der Waals surface area contributed by atoms with Gasteiger partial charge >= 0.3 is 0 Å². The number of hydrogen-bond donors (Lipinski definition) is 2. The lowest BCUT2D eigenvalue weighted by atomic mass is 10.0. The second-order valence-corrected chi connectivity index (χ2v) is 8.53. The molecule has 1 rings (SSSR count). The summed E-state index contributed by atoms with van der Waals surface area (Å²) in [5.41, 5.74) is 0.655. The van der Waals surface area contributed by atoms with Gasteiger partial charge in [0.05, 0.1) is 5.82 Å². The zero-order valence-corrected chi connectivity index (χ0v) is 19.5. The highest BCUT2D eigenvalue weighted by Crippen LogP contribution is 2.13. The number of carbonyl (C=O) groups is 1. The number of nitrogens with one attached hydrogen (secondary N) is 2. The molecule has 1 amide bonds. The van der Waals surface area contributed by atoms with E-state index in [4.69, 9.17) is 0 Å². The van der Waals surface area contributed by atoms with Gasteiger partial charge in [-0.1, -0.05) is 128 Å². The van der Waals surface area contributed by atoms with Crippen LogP contribution in [0.1, 0.15) is 120 Å². The smallest absolute Gasteiger partial charge is 0.256 e. The van der Waals surface area contributed by atoms with Gasteiger partial charge in [0.15, 0.2) is 0 Å². The van der Waals surface area contributed by atoms with Gasteiger partial charge < -0.3 is 10.6 Å². The van der Waals surface area contributed by atoms with E-state index in [9.17, 15) is 4.79 Å². The summed E-state index contributed by atoms with van der Waals surface area (Å²) in [4.78, 5) is 12.0. The van der Waals surface area contributed by atoms with Crippen molar-refractivity contribution in [3.63, 3.8) is 0 Å². The van der Waals surface area contributed by atoms with Crippen LogP contribution in [-0.2, 0) is 0 Å². The summed E-state index contributed by atoms with van der Waals surface area (Å²) in [6, 6.07) is 9.24. The third kappa shape index (κ3) is 15.1. The van der Waals surface area contributed by atoms with Crippen LogP contribution in [0.2, 0.25) is 0 Å². The van der Waals surface area contributed by atoms with Crippen molar-refractivity contribution in [1.29, 1.82) is 0 Å². The van der Waals surface area contributed by atoms with Crippen LogP contribution in [0.15, 0.2) is 42.7 Å². The highest BCUT2D eigenvalue weighted by Gasteiger charge is 2.04. The second kappa shape index (κ2) is 19.2. The Labute approximate surface area is 186 Å². The Bertz CT molecular complexity index is 541. The van der Waals surface area contributed by atoms with Crippen molar-refractivity contribution in [3.05, 3.63) is 48.3 Å². The third-order valence-electron chi connectivity index (χ3n) is 5.67. The topological polar surface area (TPSA) is 41.1 Å². The lowest BCUT2D eigenvalue weighted by Gasteiger charge is -2.11. The molecule has 0 saturated carbocycles. The maximum absolute atomic E-state index is 12.0. The summed E-state index contributed by atoms with van der Waals surface area (Å²) in [7, 11) is 0. The molecule has 0 unspecified atom stereocenters. The highest BCUT2D eigenvalue weighted by atomic mass is 16.1. The summed E-state index contributed by atoms with van der Waals surface area (Å²) in [5.74, 6) is 0.477. The van der Waals surface area contributed by atoms with Crippen LogP contribution in [0.4, 0.5) is 0 Å². The fourth-order valence-corrected chi connectivity index (χ4v) is 3.76. The lowest BCUT2D eigenvalue weighted by Crippen LogP contribution is -2.31.